The highest BCUT2D eigenvalue weighted by atomic mass is 16.4. The zero-order valence-electron chi connectivity index (χ0n) is 24.8. The highest BCUT2D eigenvalue weighted by Gasteiger charge is 2.33. The number of aliphatic carboxylic acids is 2. The Morgan fingerprint density at radius 2 is 1.53 bits per heavy atom. The average Bonchev–Trinajstić information content (AvgIpc) is 3.60. The molecule has 0 aliphatic carbocycles. The second-order valence-corrected chi connectivity index (χ2v) is 11.3. The number of nitrogens with zero attached hydrogens (tertiary/aromatic N) is 2. The van der Waals surface area contributed by atoms with Gasteiger partial charge in [0.05, 0.1) is 34.6 Å². The minimum atomic E-state index is -1.21. The molecule has 5 heterocycles. The minimum Gasteiger partial charge on any atom is -0.481 e. The molecule has 0 spiro atoms. The highest BCUT2D eigenvalue weighted by Crippen LogP contribution is 2.43. The Labute approximate surface area is 247 Å². The van der Waals surface area contributed by atoms with Crippen molar-refractivity contribution in [1.82, 2.24) is 19.9 Å². The Morgan fingerprint density at radius 1 is 0.884 bits per heavy atom. The van der Waals surface area contributed by atoms with Gasteiger partial charge in [0.25, 0.3) is 0 Å². The van der Waals surface area contributed by atoms with Gasteiger partial charge in [-0.25, -0.2) is 9.78 Å². The molecule has 0 saturated heterocycles. The van der Waals surface area contributed by atoms with Crippen LogP contribution in [0, 0.1) is 20.8 Å². The minimum absolute atomic E-state index is 0.0438. The first-order valence-corrected chi connectivity index (χ1v) is 14.1. The van der Waals surface area contributed by atoms with Gasteiger partial charge in [0.1, 0.15) is 0 Å². The van der Waals surface area contributed by atoms with Gasteiger partial charge in [-0.3, -0.25) is 14.6 Å². The van der Waals surface area contributed by atoms with Gasteiger partial charge in [-0.05, 0) is 74.6 Å². The number of aromatic carboxylic acids is 1. The third-order valence-corrected chi connectivity index (χ3v) is 8.78. The van der Waals surface area contributed by atoms with Crippen molar-refractivity contribution in [3.8, 4) is 0 Å². The van der Waals surface area contributed by atoms with Crippen LogP contribution in [0.15, 0.2) is 30.9 Å². The lowest BCUT2D eigenvalue weighted by Crippen LogP contribution is -2.11. The van der Waals surface area contributed by atoms with Crippen molar-refractivity contribution in [1.29, 1.82) is 0 Å². The number of hydrogen-bond acceptors (Lipinski definition) is 5. The van der Waals surface area contributed by atoms with E-state index in [9.17, 15) is 29.7 Å². The molecular formula is C33H34N4O6. The molecule has 2 aliphatic rings. The van der Waals surface area contributed by atoms with E-state index in [4.69, 9.17) is 9.97 Å². The van der Waals surface area contributed by atoms with E-state index in [-0.39, 0.29) is 35.4 Å². The van der Waals surface area contributed by atoms with Gasteiger partial charge in [-0.1, -0.05) is 19.6 Å². The SMILES string of the molecule is C=CC1=C(C)c2cc3nc(c(CC(=O)O)c4[nH]c(cc5[nH]c(cc1n2)c(C)c5C)c(C)c4C(=O)O)[C@@H](CCC(=O)O)[C@@H]3C. The molecule has 222 valence electrons. The molecule has 3 aromatic rings. The number of rotatable bonds is 7. The number of allylic oxidation sites excluding steroid dienone is 3. The van der Waals surface area contributed by atoms with Crippen LogP contribution in [-0.4, -0.2) is 53.2 Å². The molecule has 2 aliphatic heterocycles. The molecule has 0 saturated carbocycles. The van der Waals surface area contributed by atoms with E-state index in [1.807, 2.05) is 45.9 Å². The number of carboxylic acids is 3. The van der Waals surface area contributed by atoms with E-state index in [0.29, 0.717) is 28.2 Å². The first kappa shape index (κ1) is 29.5. The van der Waals surface area contributed by atoms with E-state index in [1.165, 1.54) is 0 Å². The number of aromatic nitrogens is 4. The van der Waals surface area contributed by atoms with Gasteiger partial charge < -0.3 is 25.3 Å². The summed E-state index contributed by atoms with van der Waals surface area (Å²) in [6, 6.07) is 5.64. The van der Waals surface area contributed by atoms with Crippen LogP contribution in [-0.2, 0) is 16.0 Å². The smallest absolute Gasteiger partial charge is 0.338 e. The number of nitrogens with one attached hydrogen (secondary N) is 2. The van der Waals surface area contributed by atoms with E-state index in [2.05, 4.69) is 16.5 Å². The van der Waals surface area contributed by atoms with Crippen molar-refractivity contribution in [3.05, 3.63) is 81.4 Å². The lowest BCUT2D eigenvalue weighted by atomic mass is 9.85. The number of aromatic amines is 2. The summed E-state index contributed by atoms with van der Waals surface area (Å²) in [5.74, 6) is -4.09. The van der Waals surface area contributed by atoms with E-state index >= 15 is 0 Å². The van der Waals surface area contributed by atoms with Crippen LogP contribution in [0.25, 0.3) is 33.2 Å². The van der Waals surface area contributed by atoms with Crippen LogP contribution < -0.4 is 0 Å². The summed E-state index contributed by atoms with van der Waals surface area (Å²) in [5, 5.41) is 29.8. The molecule has 0 aromatic carbocycles. The predicted octanol–water partition coefficient (Wildman–Crippen LogP) is 6.43. The molecule has 10 nitrogen and oxygen atoms in total. The van der Waals surface area contributed by atoms with Crippen LogP contribution in [0.3, 0.4) is 0 Å². The maximum atomic E-state index is 12.6. The third-order valence-electron chi connectivity index (χ3n) is 8.78. The largest absolute Gasteiger partial charge is 0.481 e. The van der Waals surface area contributed by atoms with Crippen molar-refractivity contribution in [3.63, 3.8) is 0 Å². The lowest BCUT2D eigenvalue weighted by molar-refractivity contribution is -0.138. The summed E-state index contributed by atoms with van der Waals surface area (Å²) in [6.07, 6.45) is 1.31. The van der Waals surface area contributed by atoms with Crippen molar-refractivity contribution < 1.29 is 29.7 Å². The maximum absolute atomic E-state index is 12.6. The molecular weight excluding hydrogens is 548 g/mol. The van der Waals surface area contributed by atoms with E-state index in [0.717, 1.165) is 39.0 Å². The molecule has 5 N–H and O–H groups in total. The summed E-state index contributed by atoms with van der Waals surface area (Å²) < 4.78 is 0. The quantitative estimate of drug-likeness (QED) is 0.212. The molecule has 2 atom stereocenters. The molecule has 10 heteroatoms. The Hall–Kier alpha value is -4.99. The Balaban J connectivity index is 2.03. The standard InChI is InChI=1S/C33H34N4O6/c1-7-19-16(4)24-12-25-17(5)20(8-9-28(38)39)31(36-25)21(10-29(40)41)32-30(33(42)43)18(6)26(37-32)11-22-14(2)15(3)23(34-22)13-27(19)35-24/h7,11-13,17,20,34,37H,1,8-10H2,2-6H3,(H,38,39)(H,40,41)(H,42,43)/t17-,20-/m0/s1. The van der Waals surface area contributed by atoms with E-state index in [1.54, 1.807) is 13.0 Å². The van der Waals surface area contributed by atoms with Gasteiger partial charge in [-0.2, -0.15) is 0 Å². The van der Waals surface area contributed by atoms with Crippen LogP contribution in [0.2, 0.25) is 0 Å². The fraction of sp³-hybridized carbons (Fsp3) is 0.303. The van der Waals surface area contributed by atoms with Gasteiger partial charge in [0, 0.05) is 51.6 Å². The average molecular weight is 583 g/mol. The number of fused-ring (bicyclic) bond motifs is 8. The number of hydrogen-bond donors (Lipinski definition) is 5. The Kier molecular flexibility index (Phi) is 7.56. The Bertz CT molecular complexity index is 1930. The summed E-state index contributed by atoms with van der Waals surface area (Å²) in [4.78, 5) is 52.9. The van der Waals surface area contributed by atoms with Crippen molar-refractivity contribution in [2.45, 2.75) is 65.7 Å². The van der Waals surface area contributed by atoms with Crippen LogP contribution >= 0.6 is 0 Å². The van der Waals surface area contributed by atoms with Gasteiger partial charge >= 0.3 is 17.9 Å². The molecule has 0 fully saturated rings. The first-order chi connectivity index (χ1) is 20.3. The number of carboxylic acid groups (broad SMARTS) is 3. The molecule has 43 heavy (non-hydrogen) atoms. The van der Waals surface area contributed by atoms with Crippen LogP contribution in [0.4, 0.5) is 0 Å². The second-order valence-electron chi connectivity index (χ2n) is 11.3. The van der Waals surface area contributed by atoms with Gasteiger partial charge in [-0.15, -0.1) is 0 Å². The van der Waals surface area contributed by atoms with Gasteiger partial charge in [0.2, 0.25) is 0 Å². The number of carbonyl (C=O) groups is 3. The molecule has 0 radical (unpaired) electrons. The first-order valence-electron chi connectivity index (χ1n) is 14.1. The third kappa shape index (κ3) is 5.13. The number of H-pyrrole nitrogens is 2. The fourth-order valence-corrected chi connectivity index (χ4v) is 6.16. The van der Waals surface area contributed by atoms with Crippen molar-refractivity contribution >= 4 is 51.1 Å². The van der Waals surface area contributed by atoms with Crippen LogP contribution in [0.5, 0.6) is 0 Å². The molecule has 5 rings (SSSR count). The summed E-state index contributed by atoms with van der Waals surface area (Å²) in [6.45, 7) is 13.5. The zero-order chi connectivity index (χ0) is 31.3. The van der Waals surface area contributed by atoms with Crippen molar-refractivity contribution in [2.75, 3.05) is 0 Å². The monoisotopic (exact) mass is 582 g/mol. The van der Waals surface area contributed by atoms with Crippen molar-refractivity contribution in [2.24, 2.45) is 0 Å². The number of aryl methyl sites for hydroxylation is 3. The Morgan fingerprint density at radius 3 is 2.14 bits per heavy atom. The zero-order valence-corrected chi connectivity index (χ0v) is 24.8. The summed E-state index contributed by atoms with van der Waals surface area (Å²) >= 11 is 0. The second kappa shape index (κ2) is 11.0. The fourth-order valence-electron chi connectivity index (χ4n) is 6.16. The molecule has 8 bridgehead atoms. The predicted molar refractivity (Wildman–Crippen MR) is 164 cm³/mol. The maximum Gasteiger partial charge on any atom is 0.338 e. The lowest BCUT2D eigenvalue weighted by Gasteiger charge is -2.17. The van der Waals surface area contributed by atoms with E-state index < -0.39 is 30.2 Å². The topological polar surface area (TPSA) is 169 Å². The highest BCUT2D eigenvalue weighted by molar-refractivity contribution is 6.02. The molecule has 0 unspecified atom stereocenters. The van der Waals surface area contributed by atoms with Crippen LogP contribution in [0.1, 0.15) is 93.9 Å². The molecule has 0 amide bonds. The van der Waals surface area contributed by atoms with Gasteiger partial charge in [0.15, 0.2) is 0 Å². The normalized spacial score (nSPS) is 16.4. The molecule has 3 aromatic heterocycles. The summed E-state index contributed by atoms with van der Waals surface area (Å²) in [7, 11) is 0. The summed E-state index contributed by atoms with van der Waals surface area (Å²) in [5.41, 5.74) is 9.04.